The second-order valence-electron chi connectivity index (χ2n) is 4.50. The van der Waals surface area contributed by atoms with Gasteiger partial charge < -0.3 is 15.4 Å². The van der Waals surface area contributed by atoms with E-state index in [1.54, 1.807) is 11.9 Å². The molecule has 2 amide bonds. The van der Waals surface area contributed by atoms with Crippen molar-refractivity contribution in [2.24, 2.45) is 5.73 Å². The summed E-state index contributed by atoms with van der Waals surface area (Å²) in [5, 5.41) is 0. The van der Waals surface area contributed by atoms with Gasteiger partial charge in [-0.1, -0.05) is 32.6 Å². The predicted octanol–water partition coefficient (Wildman–Crippen LogP) is 2.29. The van der Waals surface area contributed by atoms with Gasteiger partial charge in [0, 0.05) is 20.0 Å². The molecule has 5 heteroatoms. The van der Waals surface area contributed by atoms with Gasteiger partial charge in [0.25, 0.3) is 0 Å². The van der Waals surface area contributed by atoms with Gasteiger partial charge in [0.1, 0.15) is 0 Å². The van der Waals surface area contributed by atoms with Crippen LogP contribution in [0.2, 0.25) is 0 Å². The summed E-state index contributed by atoms with van der Waals surface area (Å²) in [6.07, 6.45) is 6.22. The third kappa shape index (κ3) is 9.93. The number of hydrogen-bond acceptors (Lipinski definition) is 3. The van der Waals surface area contributed by atoms with Crippen LogP contribution in [0.25, 0.3) is 0 Å². The first-order chi connectivity index (χ1) is 8.57. The molecule has 0 saturated carbocycles. The minimum atomic E-state index is -0.764. The quantitative estimate of drug-likeness (QED) is 0.611. The minimum Gasteiger partial charge on any atom is -0.450 e. The van der Waals surface area contributed by atoms with Gasteiger partial charge in [-0.2, -0.15) is 0 Å². The lowest BCUT2D eigenvalue weighted by molar-refractivity contribution is -0.130. The lowest BCUT2D eigenvalue weighted by atomic mass is 10.1. The first-order valence-electron chi connectivity index (χ1n) is 6.74. The largest absolute Gasteiger partial charge is 0.450 e. The summed E-state index contributed by atoms with van der Waals surface area (Å²) in [7, 11) is 1.78. The van der Waals surface area contributed by atoms with Gasteiger partial charge in [-0.15, -0.1) is 0 Å². The van der Waals surface area contributed by atoms with E-state index in [9.17, 15) is 9.59 Å². The topological polar surface area (TPSA) is 72.6 Å². The van der Waals surface area contributed by atoms with Crippen molar-refractivity contribution in [3.05, 3.63) is 0 Å². The van der Waals surface area contributed by atoms with Gasteiger partial charge in [-0.25, -0.2) is 4.79 Å². The highest BCUT2D eigenvalue weighted by Crippen LogP contribution is 2.06. The molecule has 0 aromatic heterocycles. The Balaban J connectivity index is 3.48. The normalized spacial score (nSPS) is 10.1. The molecule has 2 N–H and O–H groups in total. The Hall–Kier alpha value is -1.26. The van der Waals surface area contributed by atoms with E-state index in [1.807, 2.05) is 0 Å². The molecule has 0 aromatic rings. The highest BCUT2D eigenvalue weighted by Gasteiger charge is 2.07. The molecule has 106 valence electrons. The molecule has 0 aromatic carbocycles. The number of primary amides is 1. The fraction of sp³-hybridized carbons (Fsp3) is 0.846. The molecule has 0 saturated heterocycles. The molecule has 0 aliphatic rings. The van der Waals surface area contributed by atoms with Crippen molar-refractivity contribution in [1.82, 2.24) is 4.90 Å². The standard InChI is InChI=1S/C13H26N2O3/c1-3-4-5-6-7-9-12(16)15(2)10-8-11-18-13(14)17/h3-11H2,1-2H3,(H2,14,17). The van der Waals surface area contributed by atoms with Crippen LogP contribution < -0.4 is 5.73 Å². The molecule has 0 bridgehead atoms. The van der Waals surface area contributed by atoms with E-state index in [0.717, 1.165) is 12.8 Å². The average Bonchev–Trinajstić information content (AvgIpc) is 2.33. The highest BCUT2D eigenvalue weighted by atomic mass is 16.5. The van der Waals surface area contributed by atoms with Crippen LogP contribution in [0.3, 0.4) is 0 Å². The van der Waals surface area contributed by atoms with E-state index in [4.69, 9.17) is 5.73 Å². The van der Waals surface area contributed by atoms with Crippen molar-refractivity contribution in [3.63, 3.8) is 0 Å². The number of ether oxygens (including phenoxy) is 1. The Morgan fingerprint density at radius 3 is 2.39 bits per heavy atom. The first kappa shape index (κ1) is 16.7. The Labute approximate surface area is 110 Å². The zero-order valence-electron chi connectivity index (χ0n) is 11.6. The summed E-state index contributed by atoms with van der Waals surface area (Å²) in [5.41, 5.74) is 4.83. The van der Waals surface area contributed by atoms with Gasteiger partial charge in [0.05, 0.1) is 6.61 Å². The van der Waals surface area contributed by atoms with Crippen LogP contribution in [0.5, 0.6) is 0 Å². The fourth-order valence-electron chi connectivity index (χ4n) is 1.67. The number of rotatable bonds is 10. The smallest absolute Gasteiger partial charge is 0.404 e. The molecule has 0 rings (SSSR count). The fourth-order valence-corrected chi connectivity index (χ4v) is 1.67. The summed E-state index contributed by atoms with van der Waals surface area (Å²) in [6.45, 7) is 3.04. The maximum absolute atomic E-state index is 11.7. The summed E-state index contributed by atoms with van der Waals surface area (Å²) >= 11 is 0. The van der Waals surface area contributed by atoms with Crippen molar-refractivity contribution in [1.29, 1.82) is 0 Å². The van der Waals surface area contributed by atoms with Gasteiger partial charge in [0.15, 0.2) is 0 Å². The molecule has 5 nitrogen and oxygen atoms in total. The van der Waals surface area contributed by atoms with Gasteiger partial charge in [-0.05, 0) is 12.8 Å². The van der Waals surface area contributed by atoms with Crippen LogP contribution in [0.15, 0.2) is 0 Å². The predicted molar refractivity (Wildman–Crippen MR) is 71.2 cm³/mol. The van der Waals surface area contributed by atoms with E-state index in [1.165, 1.54) is 19.3 Å². The molecular weight excluding hydrogens is 232 g/mol. The zero-order valence-corrected chi connectivity index (χ0v) is 11.6. The monoisotopic (exact) mass is 258 g/mol. The third-order valence-electron chi connectivity index (χ3n) is 2.80. The molecule has 0 fully saturated rings. The molecule has 0 spiro atoms. The molecule has 0 atom stereocenters. The summed E-state index contributed by atoms with van der Waals surface area (Å²) in [4.78, 5) is 23.7. The third-order valence-corrected chi connectivity index (χ3v) is 2.80. The number of unbranched alkanes of at least 4 members (excludes halogenated alkanes) is 4. The summed E-state index contributed by atoms with van der Waals surface area (Å²) < 4.78 is 4.60. The molecule has 0 unspecified atom stereocenters. The van der Waals surface area contributed by atoms with Crippen LogP contribution >= 0.6 is 0 Å². The molecule has 18 heavy (non-hydrogen) atoms. The Morgan fingerprint density at radius 1 is 1.11 bits per heavy atom. The van der Waals surface area contributed by atoms with Crippen LogP contribution in [0, 0.1) is 0 Å². The number of carbonyl (C=O) groups excluding carboxylic acids is 2. The first-order valence-corrected chi connectivity index (χ1v) is 6.74. The van der Waals surface area contributed by atoms with E-state index in [-0.39, 0.29) is 12.5 Å². The van der Waals surface area contributed by atoms with Crippen LogP contribution in [-0.4, -0.2) is 37.1 Å². The average molecular weight is 258 g/mol. The van der Waals surface area contributed by atoms with Gasteiger partial charge in [-0.3, -0.25) is 4.79 Å². The van der Waals surface area contributed by atoms with Crippen molar-refractivity contribution >= 4 is 12.0 Å². The van der Waals surface area contributed by atoms with Crippen molar-refractivity contribution in [2.75, 3.05) is 20.2 Å². The van der Waals surface area contributed by atoms with E-state index < -0.39 is 6.09 Å². The van der Waals surface area contributed by atoms with Crippen molar-refractivity contribution in [3.8, 4) is 0 Å². The van der Waals surface area contributed by atoms with E-state index in [0.29, 0.717) is 19.4 Å². The maximum atomic E-state index is 11.7. The number of amides is 2. The lowest BCUT2D eigenvalue weighted by Crippen LogP contribution is -2.28. The lowest BCUT2D eigenvalue weighted by Gasteiger charge is -2.16. The number of carbonyl (C=O) groups is 2. The van der Waals surface area contributed by atoms with E-state index in [2.05, 4.69) is 11.7 Å². The summed E-state index contributed by atoms with van der Waals surface area (Å²) in [5.74, 6) is 0.158. The van der Waals surface area contributed by atoms with Crippen molar-refractivity contribution in [2.45, 2.75) is 51.9 Å². The van der Waals surface area contributed by atoms with Crippen LogP contribution in [-0.2, 0) is 9.53 Å². The number of nitrogens with two attached hydrogens (primary N) is 1. The maximum Gasteiger partial charge on any atom is 0.404 e. The van der Waals surface area contributed by atoms with Gasteiger partial charge >= 0.3 is 6.09 Å². The molecular formula is C13H26N2O3. The van der Waals surface area contributed by atoms with Crippen molar-refractivity contribution < 1.29 is 14.3 Å². The zero-order chi connectivity index (χ0) is 13.8. The highest BCUT2D eigenvalue weighted by molar-refractivity contribution is 5.75. The molecule has 0 heterocycles. The molecule has 0 aliphatic carbocycles. The van der Waals surface area contributed by atoms with E-state index >= 15 is 0 Å². The number of hydrogen-bond donors (Lipinski definition) is 1. The second kappa shape index (κ2) is 10.9. The summed E-state index contributed by atoms with van der Waals surface area (Å²) in [6, 6.07) is 0. The molecule has 0 radical (unpaired) electrons. The van der Waals surface area contributed by atoms with Gasteiger partial charge in [0.2, 0.25) is 5.91 Å². The Bertz CT molecular complexity index is 244. The Morgan fingerprint density at radius 2 is 1.78 bits per heavy atom. The SMILES string of the molecule is CCCCCCCC(=O)N(C)CCCOC(N)=O. The Kier molecular flexibility index (Phi) is 10.1. The second-order valence-corrected chi connectivity index (χ2v) is 4.50. The molecule has 0 aliphatic heterocycles. The number of nitrogens with zero attached hydrogens (tertiary/aromatic N) is 1. The minimum absolute atomic E-state index is 0.158. The van der Waals surface area contributed by atoms with Crippen LogP contribution in [0.1, 0.15) is 51.9 Å². The van der Waals surface area contributed by atoms with Crippen LogP contribution in [0.4, 0.5) is 4.79 Å².